The maximum atomic E-state index is 12.9. The van der Waals surface area contributed by atoms with Crippen molar-refractivity contribution in [2.45, 2.75) is 39.3 Å². The number of unbranched alkanes of at least 4 members (excludes halogenated alkanes) is 1. The van der Waals surface area contributed by atoms with E-state index in [4.69, 9.17) is 4.74 Å². The Kier molecular flexibility index (Phi) is 9.01. The van der Waals surface area contributed by atoms with Gasteiger partial charge in [0.15, 0.2) is 6.61 Å². The summed E-state index contributed by atoms with van der Waals surface area (Å²) < 4.78 is 6.54. The molecule has 6 heteroatoms. The maximum Gasteiger partial charge on any atom is 0.261 e. The van der Waals surface area contributed by atoms with Crippen molar-refractivity contribution >= 4 is 27.7 Å². The molecule has 0 saturated carbocycles. The van der Waals surface area contributed by atoms with Crippen LogP contribution in [-0.2, 0) is 16.1 Å². The van der Waals surface area contributed by atoms with Crippen LogP contribution in [0, 0.1) is 0 Å². The van der Waals surface area contributed by atoms with Crippen LogP contribution in [0.3, 0.4) is 0 Å². The Morgan fingerprint density at radius 1 is 1.14 bits per heavy atom. The molecule has 0 saturated heterocycles. The molecule has 0 bridgehead atoms. The number of hydrogen-bond acceptors (Lipinski definition) is 3. The van der Waals surface area contributed by atoms with E-state index in [-0.39, 0.29) is 18.4 Å². The third kappa shape index (κ3) is 7.00. The smallest absolute Gasteiger partial charge is 0.261 e. The summed E-state index contributed by atoms with van der Waals surface area (Å²) in [5, 5.41) is 2.91. The second-order valence-corrected chi connectivity index (χ2v) is 7.49. The summed E-state index contributed by atoms with van der Waals surface area (Å²) in [6.45, 7) is 4.64. The van der Waals surface area contributed by atoms with Gasteiger partial charge in [-0.1, -0.05) is 59.6 Å². The van der Waals surface area contributed by atoms with Gasteiger partial charge in [-0.05, 0) is 43.2 Å². The van der Waals surface area contributed by atoms with E-state index in [1.807, 2.05) is 42.5 Å². The van der Waals surface area contributed by atoms with E-state index in [1.165, 1.54) is 0 Å². The molecule has 0 fully saturated rings. The van der Waals surface area contributed by atoms with E-state index in [2.05, 4.69) is 28.2 Å². The van der Waals surface area contributed by atoms with Gasteiger partial charge in [-0.15, -0.1) is 0 Å². The fraction of sp³-hybridized carbons (Fsp3) is 0.364. The number of carbonyl (C=O) groups excluding carboxylic acids is 2. The normalized spacial score (nSPS) is 11.5. The number of para-hydroxylation sites is 1. The van der Waals surface area contributed by atoms with Crippen LogP contribution in [0.5, 0.6) is 5.75 Å². The Hall–Kier alpha value is -2.34. The van der Waals surface area contributed by atoms with Crippen LogP contribution in [0.4, 0.5) is 0 Å². The highest BCUT2D eigenvalue weighted by atomic mass is 79.9. The summed E-state index contributed by atoms with van der Waals surface area (Å²) >= 11 is 3.45. The molecule has 5 nitrogen and oxygen atoms in total. The minimum absolute atomic E-state index is 0.120. The number of ether oxygens (including phenoxy) is 1. The van der Waals surface area contributed by atoms with Crippen molar-refractivity contribution in [2.24, 2.45) is 0 Å². The van der Waals surface area contributed by atoms with Crippen molar-refractivity contribution in [3.05, 3.63) is 64.6 Å². The fourth-order valence-corrected chi connectivity index (χ4v) is 3.14. The standard InChI is InChI=1S/C22H27BrN2O3/c1-3-4-13-24-22(27)17(2)25(15-18-9-8-10-19(23)14-18)21(26)16-28-20-11-6-5-7-12-20/h5-12,14,17H,3-4,13,15-16H2,1-2H3,(H,24,27)/t17-/m1/s1. The molecule has 0 aliphatic carbocycles. The average molecular weight is 447 g/mol. The topological polar surface area (TPSA) is 58.6 Å². The molecule has 2 rings (SSSR count). The van der Waals surface area contributed by atoms with E-state index < -0.39 is 6.04 Å². The van der Waals surface area contributed by atoms with Gasteiger partial charge in [0.25, 0.3) is 5.91 Å². The fourth-order valence-electron chi connectivity index (χ4n) is 2.70. The number of nitrogens with zero attached hydrogens (tertiary/aromatic N) is 1. The van der Waals surface area contributed by atoms with E-state index >= 15 is 0 Å². The Labute approximate surface area is 175 Å². The number of hydrogen-bond donors (Lipinski definition) is 1. The first-order chi connectivity index (χ1) is 13.5. The predicted octanol–water partition coefficient (Wildman–Crippen LogP) is 4.16. The number of benzene rings is 2. The molecule has 2 aromatic carbocycles. The highest BCUT2D eigenvalue weighted by Crippen LogP contribution is 2.16. The van der Waals surface area contributed by atoms with Crippen molar-refractivity contribution in [1.29, 1.82) is 0 Å². The molecule has 150 valence electrons. The van der Waals surface area contributed by atoms with Crippen LogP contribution in [-0.4, -0.2) is 35.9 Å². The van der Waals surface area contributed by atoms with Gasteiger partial charge in [-0.3, -0.25) is 9.59 Å². The van der Waals surface area contributed by atoms with E-state index in [0.717, 1.165) is 22.9 Å². The number of rotatable bonds is 10. The lowest BCUT2D eigenvalue weighted by Crippen LogP contribution is -2.49. The molecule has 28 heavy (non-hydrogen) atoms. The zero-order valence-electron chi connectivity index (χ0n) is 16.4. The summed E-state index contributed by atoms with van der Waals surface area (Å²) in [6, 6.07) is 16.3. The van der Waals surface area contributed by atoms with E-state index in [1.54, 1.807) is 24.0 Å². The highest BCUT2D eigenvalue weighted by Gasteiger charge is 2.26. The molecular formula is C22H27BrN2O3. The highest BCUT2D eigenvalue weighted by molar-refractivity contribution is 9.10. The van der Waals surface area contributed by atoms with Gasteiger partial charge >= 0.3 is 0 Å². The van der Waals surface area contributed by atoms with Crippen molar-refractivity contribution < 1.29 is 14.3 Å². The average Bonchev–Trinajstić information content (AvgIpc) is 2.70. The Bertz CT molecular complexity index is 767. The van der Waals surface area contributed by atoms with Gasteiger partial charge in [-0.25, -0.2) is 0 Å². The van der Waals surface area contributed by atoms with Crippen LogP contribution in [0.2, 0.25) is 0 Å². The van der Waals surface area contributed by atoms with Crippen LogP contribution in [0.25, 0.3) is 0 Å². The SMILES string of the molecule is CCCCNC(=O)[C@@H](C)N(Cc1cccc(Br)c1)C(=O)COc1ccccc1. The molecule has 0 radical (unpaired) electrons. The van der Waals surface area contributed by atoms with Gasteiger partial charge in [0, 0.05) is 17.6 Å². The summed E-state index contributed by atoms with van der Waals surface area (Å²) in [5.41, 5.74) is 0.940. The maximum absolute atomic E-state index is 12.9. The van der Waals surface area contributed by atoms with Crippen LogP contribution < -0.4 is 10.1 Å². The summed E-state index contributed by atoms with van der Waals surface area (Å²) in [5.74, 6) is 0.233. The Morgan fingerprint density at radius 3 is 2.57 bits per heavy atom. The molecule has 1 atom stereocenters. The van der Waals surface area contributed by atoms with Crippen LogP contribution in [0.15, 0.2) is 59.1 Å². The van der Waals surface area contributed by atoms with Crippen LogP contribution >= 0.6 is 15.9 Å². The largest absolute Gasteiger partial charge is 0.484 e. The third-order valence-corrected chi connectivity index (χ3v) is 4.84. The number of halogens is 1. The molecule has 1 N–H and O–H groups in total. The molecule has 0 unspecified atom stereocenters. The minimum atomic E-state index is -0.595. The zero-order chi connectivity index (χ0) is 20.4. The number of nitrogens with one attached hydrogen (secondary N) is 1. The van der Waals surface area contributed by atoms with Gasteiger partial charge in [0.2, 0.25) is 5.91 Å². The van der Waals surface area contributed by atoms with Gasteiger partial charge < -0.3 is 15.0 Å². The van der Waals surface area contributed by atoms with Crippen molar-refractivity contribution in [1.82, 2.24) is 10.2 Å². The number of amides is 2. The molecule has 0 aliphatic heterocycles. The predicted molar refractivity (Wildman–Crippen MR) is 114 cm³/mol. The molecule has 0 spiro atoms. The third-order valence-electron chi connectivity index (χ3n) is 4.34. The molecule has 0 heterocycles. The van der Waals surface area contributed by atoms with Gasteiger partial charge in [0.1, 0.15) is 11.8 Å². The molecule has 0 aromatic heterocycles. The quantitative estimate of drug-likeness (QED) is 0.557. The Morgan fingerprint density at radius 2 is 1.89 bits per heavy atom. The van der Waals surface area contributed by atoms with E-state index in [0.29, 0.717) is 18.8 Å². The van der Waals surface area contributed by atoms with E-state index in [9.17, 15) is 9.59 Å². The molecule has 2 amide bonds. The van der Waals surface area contributed by atoms with Crippen molar-refractivity contribution in [3.63, 3.8) is 0 Å². The Balaban J connectivity index is 2.09. The second-order valence-electron chi connectivity index (χ2n) is 6.57. The molecular weight excluding hydrogens is 420 g/mol. The lowest BCUT2D eigenvalue weighted by Gasteiger charge is -2.28. The first-order valence-electron chi connectivity index (χ1n) is 9.50. The lowest BCUT2D eigenvalue weighted by molar-refractivity contribution is -0.142. The lowest BCUT2D eigenvalue weighted by atomic mass is 10.1. The monoisotopic (exact) mass is 446 g/mol. The molecule has 0 aliphatic rings. The first-order valence-corrected chi connectivity index (χ1v) is 10.3. The zero-order valence-corrected chi connectivity index (χ0v) is 17.9. The minimum Gasteiger partial charge on any atom is -0.484 e. The van der Waals surface area contributed by atoms with Crippen molar-refractivity contribution in [3.8, 4) is 5.75 Å². The number of carbonyl (C=O) groups is 2. The summed E-state index contributed by atoms with van der Waals surface area (Å²) in [6.07, 6.45) is 1.91. The van der Waals surface area contributed by atoms with Crippen LogP contribution in [0.1, 0.15) is 32.3 Å². The second kappa shape index (κ2) is 11.5. The summed E-state index contributed by atoms with van der Waals surface area (Å²) in [4.78, 5) is 27.0. The summed E-state index contributed by atoms with van der Waals surface area (Å²) in [7, 11) is 0. The van der Waals surface area contributed by atoms with Crippen molar-refractivity contribution in [2.75, 3.05) is 13.2 Å². The van der Waals surface area contributed by atoms with Gasteiger partial charge in [0.05, 0.1) is 0 Å². The molecule has 2 aromatic rings. The first kappa shape index (κ1) is 22.0. The van der Waals surface area contributed by atoms with Gasteiger partial charge in [-0.2, -0.15) is 0 Å².